The van der Waals surface area contributed by atoms with Crippen molar-refractivity contribution in [3.63, 3.8) is 0 Å². The normalized spacial score (nSPS) is 32.3. The molecule has 94 valence electrons. The molecular weight excluding hydrogens is 244 g/mol. The summed E-state index contributed by atoms with van der Waals surface area (Å²) in [5.74, 6) is 2.41. The van der Waals surface area contributed by atoms with Crippen LogP contribution in [0, 0.1) is 0 Å². The maximum absolute atomic E-state index is 11.5. The predicted octanol–water partition coefficient (Wildman–Crippen LogP) is 0.505. The molecule has 0 bridgehead atoms. The lowest BCUT2D eigenvalue weighted by molar-refractivity contribution is 0.363. The van der Waals surface area contributed by atoms with E-state index >= 15 is 0 Å². The quantitative estimate of drug-likeness (QED) is 0.803. The first-order chi connectivity index (χ1) is 7.57. The van der Waals surface area contributed by atoms with E-state index in [0.717, 1.165) is 19.4 Å². The molecule has 0 radical (unpaired) electrons. The fourth-order valence-corrected chi connectivity index (χ4v) is 4.82. The Bertz CT molecular complexity index is 326. The number of nitrogens with zero attached hydrogens (tertiary/aromatic N) is 1. The SMILES string of the molecule is CS(=O)(=O)N1CCC[C@@H]1CNC1CCSC1. The van der Waals surface area contributed by atoms with Crippen molar-refractivity contribution >= 4 is 21.8 Å². The number of rotatable bonds is 4. The Morgan fingerprint density at radius 1 is 1.44 bits per heavy atom. The molecule has 0 saturated carbocycles. The van der Waals surface area contributed by atoms with Gasteiger partial charge < -0.3 is 5.32 Å². The average molecular weight is 264 g/mol. The molecular formula is C10H20N2O2S2. The van der Waals surface area contributed by atoms with Gasteiger partial charge in [0.05, 0.1) is 6.26 Å². The van der Waals surface area contributed by atoms with Crippen molar-refractivity contribution < 1.29 is 8.42 Å². The van der Waals surface area contributed by atoms with Crippen LogP contribution in [0.1, 0.15) is 19.3 Å². The second-order valence-corrected chi connectivity index (χ2v) is 7.72. The molecule has 2 aliphatic heterocycles. The molecule has 0 aliphatic carbocycles. The summed E-state index contributed by atoms with van der Waals surface area (Å²) in [6.07, 6.45) is 4.53. The molecule has 0 spiro atoms. The van der Waals surface area contributed by atoms with Crippen molar-refractivity contribution in [2.45, 2.75) is 31.3 Å². The Kier molecular flexibility index (Phi) is 4.15. The predicted molar refractivity (Wildman–Crippen MR) is 68.3 cm³/mol. The zero-order valence-electron chi connectivity index (χ0n) is 9.68. The summed E-state index contributed by atoms with van der Waals surface area (Å²) in [6.45, 7) is 1.52. The van der Waals surface area contributed by atoms with Crippen molar-refractivity contribution in [1.82, 2.24) is 9.62 Å². The van der Waals surface area contributed by atoms with E-state index in [1.54, 1.807) is 4.31 Å². The zero-order chi connectivity index (χ0) is 11.6. The molecule has 2 aliphatic rings. The molecule has 4 nitrogen and oxygen atoms in total. The number of thioether (sulfide) groups is 1. The number of hydrogen-bond donors (Lipinski definition) is 1. The van der Waals surface area contributed by atoms with Gasteiger partial charge in [-0.15, -0.1) is 0 Å². The summed E-state index contributed by atoms with van der Waals surface area (Å²) >= 11 is 1.98. The van der Waals surface area contributed by atoms with Gasteiger partial charge in [0.2, 0.25) is 10.0 Å². The van der Waals surface area contributed by atoms with Crippen LogP contribution in [0.5, 0.6) is 0 Å². The van der Waals surface area contributed by atoms with Crippen LogP contribution in [0.3, 0.4) is 0 Å². The summed E-state index contributed by atoms with van der Waals surface area (Å²) in [5.41, 5.74) is 0. The summed E-state index contributed by atoms with van der Waals surface area (Å²) in [7, 11) is -3.01. The Morgan fingerprint density at radius 2 is 2.25 bits per heavy atom. The van der Waals surface area contributed by atoms with Gasteiger partial charge in [-0.25, -0.2) is 8.42 Å². The van der Waals surface area contributed by atoms with Gasteiger partial charge in [0.15, 0.2) is 0 Å². The van der Waals surface area contributed by atoms with Gasteiger partial charge in [-0.1, -0.05) is 0 Å². The minimum Gasteiger partial charge on any atom is -0.312 e. The van der Waals surface area contributed by atoms with E-state index in [9.17, 15) is 8.42 Å². The average Bonchev–Trinajstić information content (AvgIpc) is 2.85. The molecule has 1 unspecified atom stereocenters. The molecule has 6 heteroatoms. The lowest BCUT2D eigenvalue weighted by Gasteiger charge is -2.23. The monoisotopic (exact) mass is 264 g/mol. The van der Waals surface area contributed by atoms with Crippen LogP contribution < -0.4 is 5.32 Å². The molecule has 2 rings (SSSR count). The van der Waals surface area contributed by atoms with Crippen molar-refractivity contribution in [3.05, 3.63) is 0 Å². The van der Waals surface area contributed by atoms with Crippen LogP contribution in [0.25, 0.3) is 0 Å². The van der Waals surface area contributed by atoms with Crippen LogP contribution in [-0.4, -0.2) is 55.7 Å². The van der Waals surface area contributed by atoms with Crippen LogP contribution in [-0.2, 0) is 10.0 Å². The van der Waals surface area contributed by atoms with Crippen LogP contribution in [0.15, 0.2) is 0 Å². The van der Waals surface area contributed by atoms with E-state index in [4.69, 9.17) is 0 Å². The molecule has 0 aromatic carbocycles. The molecule has 16 heavy (non-hydrogen) atoms. The summed E-state index contributed by atoms with van der Waals surface area (Å²) < 4.78 is 24.7. The van der Waals surface area contributed by atoms with Crippen molar-refractivity contribution in [2.75, 3.05) is 30.9 Å². The molecule has 2 saturated heterocycles. The first kappa shape index (κ1) is 12.7. The Labute approximate surface area is 102 Å². The Morgan fingerprint density at radius 3 is 2.88 bits per heavy atom. The molecule has 0 aromatic heterocycles. The third kappa shape index (κ3) is 3.12. The standard InChI is InChI=1S/C10H20N2O2S2/c1-16(13,14)12-5-2-3-10(12)7-11-9-4-6-15-8-9/h9-11H,2-8H2,1H3/t9?,10-/m1/s1. The highest BCUT2D eigenvalue weighted by Crippen LogP contribution is 2.21. The molecule has 0 aromatic rings. The summed E-state index contributed by atoms with van der Waals surface area (Å²) in [6, 6.07) is 0.771. The number of hydrogen-bond acceptors (Lipinski definition) is 4. The third-order valence-corrected chi connectivity index (χ3v) is 5.82. The Balaban J connectivity index is 1.84. The topological polar surface area (TPSA) is 49.4 Å². The maximum atomic E-state index is 11.5. The number of nitrogens with one attached hydrogen (secondary N) is 1. The van der Waals surface area contributed by atoms with E-state index in [1.807, 2.05) is 11.8 Å². The lowest BCUT2D eigenvalue weighted by atomic mass is 10.2. The third-order valence-electron chi connectivity index (χ3n) is 3.32. The zero-order valence-corrected chi connectivity index (χ0v) is 11.3. The molecule has 2 atom stereocenters. The van der Waals surface area contributed by atoms with E-state index < -0.39 is 10.0 Å². The summed E-state index contributed by atoms with van der Waals surface area (Å²) in [4.78, 5) is 0. The van der Waals surface area contributed by atoms with E-state index in [1.165, 1.54) is 24.2 Å². The van der Waals surface area contributed by atoms with Gasteiger partial charge in [-0.2, -0.15) is 16.1 Å². The van der Waals surface area contributed by atoms with E-state index in [-0.39, 0.29) is 6.04 Å². The van der Waals surface area contributed by atoms with E-state index in [2.05, 4.69) is 5.32 Å². The maximum Gasteiger partial charge on any atom is 0.211 e. The minimum absolute atomic E-state index is 0.181. The molecule has 1 N–H and O–H groups in total. The lowest BCUT2D eigenvalue weighted by Crippen LogP contribution is -2.43. The highest BCUT2D eigenvalue weighted by atomic mass is 32.2. The van der Waals surface area contributed by atoms with Gasteiger partial charge in [0.1, 0.15) is 0 Å². The second-order valence-electron chi connectivity index (χ2n) is 4.64. The second kappa shape index (κ2) is 5.25. The highest BCUT2D eigenvalue weighted by molar-refractivity contribution is 7.99. The van der Waals surface area contributed by atoms with Gasteiger partial charge in [0, 0.05) is 30.9 Å². The smallest absolute Gasteiger partial charge is 0.211 e. The number of sulfonamides is 1. The molecule has 2 fully saturated rings. The van der Waals surface area contributed by atoms with Gasteiger partial charge in [0.25, 0.3) is 0 Å². The first-order valence-electron chi connectivity index (χ1n) is 5.85. The van der Waals surface area contributed by atoms with Crippen molar-refractivity contribution in [1.29, 1.82) is 0 Å². The van der Waals surface area contributed by atoms with E-state index in [0.29, 0.717) is 12.6 Å². The van der Waals surface area contributed by atoms with Gasteiger partial charge in [-0.3, -0.25) is 0 Å². The van der Waals surface area contributed by atoms with Crippen LogP contribution in [0.2, 0.25) is 0 Å². The van der Waals surface area contributed by atoms with Crippen LogP contribution in [0.4, 0.5) is 0 Å². The fourth-order valence-electron chi connectivity index (χ4n) is 2.45. The molecule has 0 amide bonds. The first-order valence-corrected chi connectivity index (χ1v) is 8.85. The van der Waals surface area contributed by atoms with Crippen molar-refractivity contribution in [2.24, 2.45) is 0 Å². The van der Waals surface area contributed by atoms with Crippen molar-refractivity contribution in [3.8, 4) is 0 Å². The van der Waals surface area contributed by atoms with Gasteiger partial charge in [-0.05, 0) is 25.0 Å². The van der Waals surface area contributed by atoms with Crippen LogP contribution >= 0.6 is 11.8 Å². The largest absolute Gasteiger partial charge is 0.312 e. The minimum atomic E-state index is -3.01. The fraction of sp³-hybridized carbons (Fsp3) is 1.00. The van der Waals surface area contributed by atoms with Gasteiger partial charge >= 0.3 is 0 Å². The molecule has 2 heterocycles. The summed E-state index contributed by atoms with van der Waals surface area (Å²) in [5, 5.41) is 3.50. The Hall–Kier alpha value is 0.220. The highest BCUT2D eigenvalue weighted by Gasteiger charge is 2.31.